The van der Waals surface area contributed by atoms with Gasteiger partial charge in [0.05, 0.1) is 18.4 Å². The third-order valence-corrected chi connectivity index (χ3v) is 3.45. The smallest absolute Gasteiger partial charge is 0.339 e. The molecule has 0 unspecified atom stereocenters. The largest absolute Gasteiger partial charge is 0.484 e. The topological polar surface area (TPSA) is 64.6 Å². The molecule has 0 heterocycles. The van der Waals surface area contributed by atoms with E-state index in [1.807, 2.05) is 32.0 Å². The van der Waals surface area contributed by atoms with E-state index in [9.17, 15) is 9.59 Å². The lowest BCUT2D eigenvalue weighted by atomic mass is 10.1. The molecule has 0 fully saturated rings. The van der Waals surface area contributed by atoms with Crippen LogP contribution in [0.25, 0.3) is 0 Å². The van der Waals surface area contributed by atoms with Gasteiger partial charge in [-0.15, -0.1) is 0 Å². The van der Waals surface area contributed by atoms with E-state index in [0.717, 1.165) is 11.1 Å². The summed E-state index contributed by atoms with van der Waals surface area (Å²) in [6.07, 6.45) is 0. The number of hydrogen-bond acceptors (Lipinski definition) is 4. The number of para-hydroxylation sites is 1. The lowest BCUT2D eigenvalue weighted by molar-refractivity contribution is -0.118. The first-order valence-electron chi connectivity index (χ1n) is 7.18. The van der Waals surface area contributed by atoms with Gasteiger partial charge in [-0.05, 0) is 49.2 Å². The summed E-state index contributed by atoms with van der Waals surface area (Å²) in [5.41, 5.74) is 2.95. The summed E-state index contributed by atoms with van der Waals surface area (Å²) in [5.74, 6) is -0.222. The normalized spacial score (nSPS) is 10.0. The van der Waals surface area contributed by atoms with E-state index in [0.29, 0.717) is 17.0 Å². The third-order valence-electron chi connectivity index (χ3n) is 3.45. The minimum atomic E-state index is -0.504. The van der Waals surface area contributed by atoms with E-state index in [1.54, 1.807) is 24.3 Å². The van der Waals surface area contributed by atoms with Gasteiger partial charge in [0.2, 0.25) is 0 Å². The molecular formula is C18H19NO4. The van der Waals surface area contributed by atoms with E-state index in [4.69, 9.17) is 9.47 Å². The highest BCUT2D eigenvalue weighted by Crippen LogP contribution is 2.18. The number of rotatable bonds is 5. The zero-order valence-electron chi connectivity index (χ0n) is 13.4. The molecule has 0 saturated carbocycles. The van der Waals surface area contributed by atoms with Crippen molar-refractivity contribution in [2.45, 2.75) is 13.8 Å². The second-order valence-corrected chi connectivity index (χ2v) is 5.12. The molecule has 0 radical (unpaired) electrons. The molecule has 0 aliphatic carbocycles. The minimum absolute atomic E-state index is 0.141. The predicted molar refractivity (Wildman–Crippen MR) is 87.8 cm³/mol. The van der Waals surface area contributed by atoms with Gasteiger partial charge in [0.25, 0.3) is 5.91 Å². The fourth-order valence-electron chi connectivity index (χ4n) is 2.02. The number of hydrogen-bond donors (Lipinski definition) is 1. The number of benzene rings is 2. The summed E-state index contributed by atoms with van der Waals surface area (Å²) < 4.78 is 10.2. The molecule has 0 aromatic heterocycles. The molecule has 2 aromatic carbocycles. The second kappa shape index (κ2) is 7.45. The molecule has 0 aliphatic heterocycles. The Balaban J connectivity index is 2.00. The van der Waals surface area contributed by atoms with Crippen LogP contribution in [0, 0.1) is 13.8 Å². The van der Waals surface area contributed by atoms with Crippen molar-refractivity contribution < 1.29 is 19.1 Å². The van der Waals surface area contributed by atoms with E-state index >= 15 is 0 Å². The van der Waals surface area contributed by atoms with Gasteiger partial charge in [-0.2, -0.15) is 0 Å². The minimum Gasteiger partial charge on any atom is -0.484 e. The summed E-state index contributed by atoms with van der Waals surface area (Å²) in [6.45, 7) is 3.85. The van der Waals surface area contributed by atoms with Crippen LogP contribution in [0.2, 0.25) is 0 Å². The maximum Gasteiger partial charge on any atom is 0.339 e. The highest BCUT2D eigenvalue weighted by molar-refractivity contribution is 6.01. The number of amides is 1. The van der Waals surface area contributed by atoms with Crippen molar-refractivity contribution in [1.82, 2.24) is 0 Å². The number of methoxy groups -OCH3 is 1. The Morgan fingerprint density at radius 3 is 2.48 bits per heavy atom. The van der Waals surface area contributed by atoms with Crippen LogP contribution in [0.3, 0.4) is 0 Å². The zero-order valence-corrected chi connectivity index (χ0v) is 13.4. The number of ether oxygens (including phenoxy) is 2. The quantitative estimate of drug-likeness (QED) is 0.861. The van der Waals surface area contributed by atoms with Crippen LogP contribution in [0.15, 0.2) is 42.5 Å². The summed E-state index contributed by atoms with van der Waals surface area (Å²) >= 11 is 0. The predicted octanol–water partition coefficient (Wildman–Crippen LogP) is 3.11. The molecule has 0 aliphatic rings. The molecule has 5 nitrogen and oxygen atoms in total. The number of nitrogens with one attached hydrogen (secondary N) is 1. The number of carbonyl (C=O) groups is 2. The van der Waals surface area contributed by atoms with Crippen LogP contribution in [-0.2, 0) is 9.53 Å². The summed E-state index contributed by atoms with van der Waals surface area (Å²) in [6, 6.07) is 12.3. The standard InChI is InChI=1S/C18H19NO4/c1-12-8-9-14(10-13(12)2)23-11-17(20)19-16-7-5-4-6-15(16)18(21)22-3/h4-10H,11H2,1-3H3,(H,19,20). The second-order valence-electron chi connectivity index (χ2n) is 5.12. The van der Waals surface area contributed by atoms with Crippen molar-refractivity contribution in [3.63, 3.8) is 0 Å². The van der Waals surface area contributed by atoms with Gasteiger partial charge in [0.15, 0.2) is 6.61 Å². The molecule has 0 spiro atoms. The van der Waals surface area contributed by atoms with Gasteiger partial charge in [0, 0.05) is 0 Å². The van der Waals surface area contributed by atoms with Crippen molar-refractivity contribution >= 4 is 17.6 Å². The fourth-order valence-corrected chi connectivity index (χ4v) is 2.02. The molecule has 5 heteroatoms. The lowest BCUT2D eigenvalue weighted by Crippen LogP contribution is -2.21. The highest BCUT2D eigenvalue weighted by Gasteiger charge is 2.13. The lowest BCUT2D eigenvalue weighted by Gasteiger charge is -2.11. The summed E-state index contributed by atoms with van der Waals surface area (Å²) in [4.78, 5) is 23.7. The van der Waals surface area contributed by atoms with Gasteiger partial charge in [0.1, 0.15) is 5.75 Å². The van der Waals surface area contributed by atoms with Crippen LogP contribution in [0.5, 0.6) is 5.75 Å². The Kier molecular flexibility index (Phi) is 5.36. The average Bonchev–Trinajstić information content (AvgIpc) is 2.55. The van der Waals surface area contributed by atoms with E-state index in [1.165, 1.54) is 7.11 Å². The molecule has 2 aromatic rings. The zero-order chi connectivity index (χ0) is 16.8. The number of anilines is 1. The third kappa shape index (κ3) is 4.32. The van der Waals surface area contributed by atoms with Gasteiger partial charge in [-0.3, -0.25) is 4.79 Å². The molecule has 1 amide bonds. The van der Waals surface area contributed by atoms with Gasteiger partial charge < -0.3 is 14.8 Å². The van der Waals surface area contributed by atoms with E-state index in [2.05, 4.69) is 5.32 Å². The Morgan fingerprint density at radius 2 is 1.78 bits per heavy atom. The van der Waals surface area contributed by atoms with Crippen LogP contribution in [0.1, 0.15) is 21.5 Å². The van der Waals surface area contributed by atoms with Crippen molar-refractivity contribution in [3.05, 3.63) is 59.2 Å². The monoisotopic (exact) mass is 313 g/mol. The van der Waals surface area contributed by atoms with Crippen molar-refractivity contribution in [2.75, 3.05) is 19.0 Å². The summed E-state index contributed by atoms with van der Waals surface area (Å²) in [5, 5.41) is 2.66. The Hall–Kier alpha value is -2.82. The molecule has 0 atom stereocenters. The van der Waals surface area contributed by atoms with E-state index < -0.39 is 5.97 Å². The Labute approximate surface area is 135 Å². The number of aryl methyl sites for hydroxylation is 2. The van der Waals surface area contributed by atoms with Crippen LogP contribution < -0.4 is 10.1 Å². The number of carbonyl (C=O) groups excluding carboxylic acids is 2. The first-order chi connectivity index (χ1) is 11.0. The van der Waals surface area contributed by atoms with Crippen LogP contribution >= 0.6 is 0 Å². The molecular weight excluding hydrogens is 294 g/mol. The Morgan fingerprint density at radius 1 is 1.04 bits per heavy atom. The first-order valence-corrected chi connectivity index (χ1v) is 7.18. The van der Waals surface area contributed by atoms with Crippen LogP contribution in [-0.4, -0.2) is 25.6 Å². The fraction of sp³-hybridized carbons (Fsp3) is 0.222. The first kappa shape index (κ1) is 16.5. The average molecular weight is 313 g/mol. The molecule has 0 bridgehead atoms. The molecule has 120 valence electrons. The van der Waals surface area contributed by atoms with Crippen molar-refractivity contribution in [1.29, 1.82) is 0 Å². The molecule has 23 heavy (non-hydrogen) atoms. The number of esters is 1. The molecule has 0 saturated heterocycles. The van der Waals surface area contributed by atoms with Crippen LogP contribution in [0.4, 0.5) is 5.69 Å². The SMILES string of the molecule is COC(=O)c1ccccc1NC(=O)COc1ccc(C)c(C)c1. The molecule has 1 N–H and O–H groups in total. The van der Waals surface area contributed by atoms with Crippen molar-refractivity contribution in [2.24, 2.45) is 0 Å². The Bertz CT molecular complexity index is 725. The van der Waals surface area contributed by atoms with E-state index in [-0.39, 0.29) is 12.5 Å². The highest BCUT2D eigenvalue weighted by atomic mass is 16.5. The van der Waals surface area contributed by atoms with Gasteiger partial charge >= 0.3 is 5.97 Å². The van der Waals surface area contributed by atoms with Crippen molar-refractivity contribution in [3.8, 4) is 5.75 Å². The van der Waals surface area contributed by atoms with Gasteiger partial charge in [-0.1, -0.05) is 18.2 Å². The maximum atomic E-state index is 12.0. The maximum absolute atomic E-state index is 12.0. The summed E-state index contributed by atoms with van der Waals surface area (Å²) in [7, 11) is 1.30. The van der Waals surface area contributed by atoms with Gasteiger partial charge in [-0.25, -0.2) is 4.79 Å². The molecule has 2 rings (SSSR count).